The predicted molar refractivity (Wildman–Crippen MR) is 64.8 cm³/mol. The first-order valence-electron chi connectivity index (χ1n) is 4.31. The molecule has 0 N–H and O–H groups in total. The molecule has 0 aliphatic carbocycles. The van der Waals surface area contributed by atoms with Crippen molar-refractivity contribution in [1.82, 2.24) is 0 Å². The van der Waals surface area contributed by atoms with Crippen LogP contribution in [0.1, 0.15) is 5.56 Å². The Hall–Kier alpha value is -1.74. The Kier molecular flexibility index (Phi) is 4.61. The van der Waals surface area contributed by atoms with Crippen molar-refractivity contribution >= 4 is 29.3 Å². The van der Waals surface area contributed by atoms with Gasteiger partial charge in [-0.25, -0.2) is 0 Å². The van der Waals surface area contributed by atoms with Crippen molar-refractivity contribution in [2.75, 3.05) is 0 Å². The van der Waals surface area contributed by atoms with Crippen LogP contribution in [-0.4, -0.2) is 0 Å². The van der Waals surface area contributed by atoms with E-state index >= 15 is 0 Å². The molecular weight excluding hydrogens is 243 g/mol. The van der Waals surface area contributed by atoms with Gasteiger partial charge in [-0.1, -0.05) is 41.4 Å². The minimum absolute atomic E-state index is 0.0272. The number of benzene rings is 1. The molecule has 0 spiro atoms. The van der Waals surface area contributed by atoms with E-state index < -0.39 is 0 Å². The number of hydrogen-bond acceptors (Lipinski definition) is 2. The van der Waals surface area contributed by atoms with Crippen molar-refractivity contribution in [3.8, 4) is 12.1 Å². The van der Waals surface area contributed by atoms with Crippen molar-refractivity contribution in [2.45, 2.75) is 0 Å². The van der Waals surface area contributed by atoms with Crippen LogP contribution < -0.4 is 0 Å². The van der Waals surface area contributed by atoms with Gasteiger partial charge in [-0.15, -0.1) is 0 Å². The first kappa shape index (κ1) is 12.3. The van der Waals surface area contributed by atoms with Crippen molar-refractivity contribution in [3.05, 3.63) is 51.5 Å². The van der Waals surface area contributed by atoms with Gasteiger partial charge < -0.3 is 0 Å². The summed E-state index contributed by atoms with van der Waals surface area (Å²) in [6.45, 7) is 0. The van der Waals surface area contributed by atoms with Crippen molar-refractivity contribution in [1.29, 1.82) is 10.5 Å². The molecule has 78 valence electrons. The van der Waals surface area contributed by atoms with Gasteiger partial charge in [0.25, 0.3) is 0 Å². The van der Waals surface area contributed by atoms with Gasteiger partial charge in [-0.05, 0) is 18.2 Å². The summed E-state index contributed by atoms with van der Waals surface area (Å²) in [6.07, 6.45) is 4.62. The van der Waals surface area contributed by atoms with Crippen LogP contribution >= 0.6 is 23.2 Å². The van der Waals surface area contributed by atoms with Gasteiger partial charge in [-0.2, -0.15) is 10.5 Å². The van der Waals surface area contributed by atoms with Gasteiger partial charge >= 0.3 is 0 Å². The summed E-state index contributed by atoms with van der Waals surface area (Å²) in [7, 11) is 0. The first-order valence-corrected chi connectivity index (χ1v) is 5.07. The molecule has 0 fully saturated rings. The fourth-order valence-electron chi connectivity index (χ4n) is 1.01. The smallest absolute Gasteiger partial charge is 0.129 e. The Morgan fingerprint density at radius 1 is 1.12 bits per heavy atom. The lowest BCUT2D eigenvalue weighted by Gasteiger charge is -1.99. The Morgan fingerprint density at radius 2 is 1.69 bits per heavy atom. The van der Waals surface area contributed by atoms with Gasteiger partial charge in [0, 0.05) is 15.6 Å². The molecule has 0 heterocycles. The normalized spacial score (nSPS) is 9.50. The topological polar surface area (TPSA) is 47.6 Å². The third-order valence-corrected chi connectivity index (χ3v) is 2.43. The monoisotopic (exact) mass is 248 g/mol. The molecule has 0 aliphatic rings. The van der Waals surface area contributed by atoms with Crippen molar-refractivity contribution in [2.24, 2.45) is 0 Å². The standard InChI is InChI=1S/C12H6Cl2N2/c13-11-5-2-6-12(14)10(11)4-1-3-9(7-15)8-16/h1-6H/b4-1-. The van der Waals surface area contributed by atoms with Crippen LogP contribution in [-0.2, 0) is 0 Å². The van der Waals surface area contributed by atoms with Crippen LogP contribution in [0.2, 0.25) is 10.0 Å². The number of allylic oxidation sites excluding steroid dienone is 3. The highest BCUT2D eigenvalue weighted by Gasteiger charge is 2.00. The minimum Gasteiger partial charge on any atom is -0.192 e. The molecule has 0 amide bonds. The van der Waals surface area contributed by atoms with E-state index in [2.05, 4.69) is 0 Å². The number of nitrogens with zero attached hydrogens (tertiary/aromatic N) is 2. The second-order valence-corrected chi connectivity index (χ2v) is 3.61. The molecule has 0 aliphatic heterocycles. The predicted octanol–water partition coefficient (Wildman–Crippen LogP) is 3.98. The maximum atomic E-state index is 8.51. The Labute approximate surface area is 104 Å². The zero-order valence-corrected chi connectivity index (χ0v) is 9.63. The van der Waals surface area contributed by atoms with E-state index in [1.54, 1.807) is 42.5 Å². The van der Waals surface area contributed by atoms with Gasteiger partial charge in [-0.3, -0.25) is 0 Å². The molecule has 1 aromatic carbocycles. The average Bonchev–Trinajstić information content (AvgIpc) is 2.28. The quantitative estimate of drug-likeness (QED) is 0.587. The molecular formula is C12H6Cl2N2. The lowest BCUT2D eigenvalue weighted by Crippen LogP contribution is -1.76. The summed E-state index contributed by atoms with van der Waals surface area (Å²) in [4.78, 5) is 0. The largest absolute Gasteiger partial charge is 0.192 e. The van der Waals surface area contributed by atoms with E-state index in [1.165, 1.54) is 6.08 Å². The van der Waals surface area contributed by atoms with Crippen LogP contribution in [0.15, 0.2) is 35.9 Å². The summed E-state index contributed by atoms with van der Waals surface area (Å²) in [5, 5.41) is 18.1. The highest BCUT2D eigenvalue weighted by molar-refractivity contribution is 6.37. The Morgan fingerprint density at radius 3 is 2.19 bits per heavy atom. The van der Waals surface area contributed by atoms with Crippen LogP contribution in [0, 0.1) is 22.7 Å². The highest BCUT2D eigenvalue weighted by atomic mass is 35.5. The van der Waals surface area contributed by atoms with E-state index in [4.69, 9.17) is 33.7 Å². The molecule has 0 saturated heterocycles. The van der Waals surface area contributed by atoms with E-state index in [1.807, 2.05) is 0 Å². The molecule has 16 heavy (non-hydrogen) atoms. The highest BCUT2D eigenvalue weighted by Crippen LogP contribution is 2.25. The van der Waals surface area contributed by atoms with Gasteiger partial charge in [0.1, 0.15) is 17.7 Å². The zero-order chi connectivity index (χ0) is 12.0. The van der Waals surface area contributed by atoms with Crippen molar-refractivity contribution in [3.63, 3.8) is 0 Å². The van der Waals surface area contributed by atoms with Gasteiger partial charge in [0.15, 0.2) is 0 Å². The summed E-state index contributed by atoms with van der Waals surface area (Å²) < 4.78 is 0. The lowest BCUT2D eigenvalue weighted by atomic mass is 10.2. The molecule has 2 nitrogen and oxygen atoms in total. The third-order valence-electron chi connectivity index (χ3n) is 1.77. The number of hydrogen-bond donors (Lipinski definition) is 0. The molecule has 0 aromatic heterocycles. The van der Waals surface area contributed by atoms with Crippen molar-refractivity contribution < 1.29 is 0 Å². The van der Waals surface area contributed by atoms with Gasteiger partial charge in [0.2, 0.25) is 0 Å². The average molecular weight is 249 g/mol. The lowest BCUT2D eigenvalue weighted by molar-refractivity contribution is 1.46. The molecule has 0 atom stereocenters. The molecule has 1 rings (SSSR count). The SMILES string of the molecule is N#CC(C#N)=C/C=C\c1c(Cl)cccc1Cl. The van der Waals surface area contributed by atoms with Crippen LogP contribution in [0.5, 0.6) is 0 Å². The van der Waals surface area contributed by atoms with E-state index in [9.17, 15) is 0 Å². The second-order valence-electron chi connectivity index (χ2n) is 2.80. The number of nitriles is 2. The first-order chi connectivity index (χ1) is 7.69. The minimum atomic E-state index is 0.0272. The number of rotatable bonds is 2. The van der Waals surface area contributed by atoms with E-state index in [0.717, 1.165) is 0 Å². The van der Waals surface area contributed by atoms with Crippen LogP contribution in [0.25, 0.3) is 6.08 Å². The summed E-state index contributed by atoms with van der Waals surface area (Å²) in [6, 6.07) is 8.67. The maximum absolute atomic E-state index is 8.51. The van der Waals surface area contributed by atoms with Gasteiger partial charge in [0.05, 0.1) is 0 Å². The molecule has 0 saturated carbocycles. The summed E-state index contributed by atoms with van der Waals surface area (Å²) >= 11 is 11.9. The maximum Gasteiger partial charge on any atom is 0.129 e. The molecule has 0 bridgehead atoms. The zero-order valence-electron chi connectivity index (χ0n) is 8.11. The van der Waals surface area contributed by atoms with Crippen LogP contribution in [0.4, 0.5) is 0 Å². The Bertz CT molecular complexity index is 495. The Balaban J connectivity index is 2.99. The fourth-order valence-corrected chi connectivity index (χ4v) is 1.53. The molecule has 0 radical (unpaired) electrons. The second kappa shape index (κ2) is 5.98. The summed E-state index contributed by atoms with van der Waals surface area (Å²) in [5.74, 6) is 0. The number of halogens is 2. The molecule has 4 heteroatoms. The van der Waals surface area contributed by atoms with Crippen LogP contribution in [0.3, 0.4) is 0 Å². The third kappa shape index (κ3) is 3.14. The fraction of sp³-hybridized carbons (Fsp3) is 0. The van der Waals surface area contributed by atoms with E-state index in [-0.39, 0.29) is 5.57 Å². The summed E-state index contributed by atoms with van der Waals surface area (Å²) in [5.41, 5.74) is 0.691. The molecule has 0 unspecified atom stereocenters. The van der Waals surface area contributed by atoms with E-state index in [0.29, 0.717) is 15.6 Å². The molecule has 1 aromatic rings.